The summed E-state index contributed by atoms with van der Waals surface area (Å²) in [4.78, 5) is 17.0. The molecule has 5 nitrogen and oxygen atoms in total. The summed E-state index contributed by atoms with van der Waals surface area (Å²) in [6.45, 7) is 0. The number of nitrogens with zero attached hydrogens (tertiary/aromatic N) is 2. The molecule has 0 radical (unpaired) electrons. The third kappa shape index (κ3) is 1.37. The number of nitrogens with one attached hydrogen (secondary N) is 1. The number of rotatable bonds is 1. The predicted molar refractivity (Wildman–Crippen MR) is 55.5 cm³/mol. The number of nitro benzene ring substituents is 1. The third-order valence-electron chi connectivity index (χ3n) is 1.69. The molecule has 1 heterocycles. The number of fused-ring (bicyclic) bond motifs is 1. The lowest BCUT2D eigenvalue weighted by molar-refractivity contribution is -0.385. The minimum atomic E-state index is -0.401. The maximum absolute atomic E-state index is 10.6. The standard InChI is InChI=1S/C7H4IN3O2/c8-4-1-5-6(10-3-9-5)2-7(4)11(12)13/h1-3H,(H,9,10). The van der Waals surface area contributed by atoms with Crippen molar-refractivity contribution in [3.05, 3.63) is 32.1 Å². The van der Waals surface area contributed by atoms with Crippen molar-refractivity contribution in [3.63, 3.8) is 0 Å². The second-order valence-electron chi connectivity index (χ2n) is 2.48. The van der Waals surface area contributed by atoms with E-state index in [0.717, 1.165) is 5.52 Å². The van der Waals surface area contributed by atoms with E-state index in [-0.39, 0.29) is 5.69 Å². The molecule has 0 fully saturated rings. The second kappa shape index (κ2) is 2.95. The summed E-state index contributed by atoms with van der Waals surface area (Å²) >= 11 is 1.93. The molecule has 1 N–H and O–H groups in total. The molecule has 1 aromatic carbocycles. The Balaban J connectivity index is 2.76. The number of H-pyrrole nitrogens is 1. The van der Waals surface area contributed by atoms with E-state index in [1.165, 1.54) is 12.4 Å². The molecule has 66 valence electrons. The first-order chi connectivity index (χ1) is 6.18. The summed E-state index contributed by atoms with van der Waals surface area (Å²) in [6, 6.07) is 3.18. The average Bonchev–Trinajstić information content (AvgIpc) is 2.48. The van der Waals surface area contributed by atoms with Crippen molar-refractivity contribution in [2.45, 2.75) is 0 Å². The summed E-state index contributed by atoms with van der Waals surface area (Å²) in [5.41, 5.74) is 1.54. The Morgan fingerprint density at radius 1 is 1.54 bits per heavy atom. The largest absolute Gasteiger partial charge is 0.344 e. The van der Waals surface area contributed by atoms with Crippen LogP contribution in [0, 0.1) is 13.7 Å². The van der Waals surface area contributed by atoms with Gasteiger partial charge in [-0.2, -0.15) is 0 Å². The smallest absolute Gasteiger partial charge is 0.284 e. The molecule has 2 rings (SSSR count). The van der Waals surface area contributed by atoms with Crippen LogP contribution in [0.15, 0.2) is 18.5 Å². The fourth-order valence-corrected chi connectivity index (χ4v) is 1.73. The number of hydrogen-bond donors (Lipinski definition) is 1. The summed E-state index contributed by atoms with van der Waals surface area (Å²) in [6.07, 6.45) is 1.52. The van der Waals surface area contributed by atoms with Gasteiger partial charge in [0.15, 0.2) is 0 Å². The fourth-order valence-electron chi connectivity index (χ4n) is 1.09. The minimum absolute atomic E-state index is 0.109. The van der Waals surface area contributed by atoms with Crippen LogP contribution in [0.4, 0.5) is 5.69 Å². The Morgan fingerprint density at radius 3 is 3.00 bits per heavy atom. The Bertz CT molecular complexity index is 480. The van der Waals surface area contributed by atoms with Crippen molar-refractivity contribution in [2.24, 2.45) is 0 Å². The highest BCUT2D eigenvalue weighted by molar-refractivity contribution is 14.1. The highest BCUT2D eigenvalue weighted by Gasteiger charge is 2.13. The molecule has 0 saturated carbocycles. The van der Waals surface area contributed by atoms with Crippen LogP contribution in [0.1, 0.15) is 0 Å². The zero-order valence-corrected chi connectivity index (χ0v) is 8.48. The number of benzene rings is 1. The van der Waals surface area contributed by atoms with E-state index in [9.17, 15) is 10.1 Å². The maximum Gasteiger partial charge on any atom is 0.284 e. The molecule has 0 aliphatic rings. The summed E-state index contributed by atoms with van der Waals surface area (Å²) < 4.78 is 0.599. The normalized spacial score (nSPS) is 10.5. The summed E-state index contributed by atoms with van der Waals surface area (Å²) in [7, 11) is 0. The van der Waals surface area contributed by atoms with E-state index in [1.807, 2.05) is 22.6 Å². The first-order valence-electron chi connectivity index (χ1n) is 3.45. The summed E-state index contributed by atoms with van der Waals surface area (Å²) in [5, 5.41) is 10.6. The van der Waals surface area contributed by atoms with E-state index in [2.05, 4.69) is 9.97 Å². The van der Waals surface area contributed by atoms with E-state index in [1.54, 1.807) is 6.07 Å². The van der Waals surface area contributed by atoms with Crippen LogP contribution < -0.4 is 0 Å². The van der Waals surface area contributed by atoms with Gasteiger partial charge in [-0.05, 0) is 28.7 Å². The fraction of sp³-hybridized carbons (Fsp3) is 0. The Morgan fingerprint density at radius 2 is 2.31 bits per heavy atom. The van der Waals surface area contributed by atoms with Crippen LogP contribution in [0.2, 0.25) is 0 Å². The highest BCUT2D eigenvalue weighted by Crippen LogP contribution is 2.24. The van der Waals surface area contributed by atoms with Crippen molar-refractivity contribution < 1.29 is 4.92 Å². The Hall–Kier alpha value is -1.18. The molecule has 0 unspecified atom stereocenters. The van der Waals surface area contributed by atoms with Gasteiger partial charge in [-0.3, -0.25) is 10.1 Å². The lowest BCUT2D eigenvalue weighted by Gasteiger charge is -1.94. The zero-order chi connectivity index (χ0) is 9.42. The monoisotopic (exact) mass is 289 g/mol. The van der Waals surface area contributed by atoms with Gasteiger partial charge >= 0.3 is 0 Å². The number of aromatic nitrogens is 2. The topological polar surface area (TPSA) is 71.8 Å². The van der Waals surface area contributed by atoms with Gasteiger partial charge in [0, 0.05) is 6.07 Å². The van der Waals surface area contributed by atoms with Crippen molar-refractivity contribution in [1.29, 1.82) is 0 Å². The van der Waals surface area contributed by atoms with Gasteiger partial charge in [0.1, 0.15) is 0 Å². The molecule has 0 bridgehead atoms. The van der Waals surface area contributed by atoms with Gasteiger partial charge in [-0.1, -0.05) is 0 Å². The molecule has 0 aliphatic carbocycles. The lowest BCUT2D eigenvalue weighted by Crippen LogP contribution is -1.91. The minimum Gasteiger partial charge on any atom is -0.344 e. The quantitative estimate of drug-likeness (QED) is 0.496. The van der Waals surface area contributed by atoms with Crippen LogP contribution >= 0.6 is 22.6 Å². The van der Waals surface area contributed by atoms with E-state index >= 15 is 0 Å². The first kappa shape index (κ1) is 8.42. The number of halogens is 1. The number of imidazole rings is 1. The highest BCUT2D eigenvalue weighted by atomic mass is 127. The molecule has 0 spiro atoms. The summed E-state index contributed by atoms with van der Waals surface area (Å²) in [5.74, 6) is 0. The van der Waals surface area contributed by atoms with Crippen LogP contribution in [-0.2, 0) is 0 Å². The average molecular weight is 289 g/mol. The first-order valence-corrected chi connectivity index (χ1v) is 4.53. The van der Waals surface area contributed by atoms with Crippen LogP contribution in [0.25, 0.3) is 11.0 Å². The van der Waals surface area contributed by atoms with Gasteiger partial charge in [0.2, 0.25) is 0 Å². The molecule has 0 aliphatic heterocycles. The molecule has 0 atom stereocenters. The second-order valence-corrected chi connectivity index (χ2v) is 3.64. The third-order valence-corrected chi connectivity index (χ3v) is 2.55. The van der Waals surface area contributed by atoms with Gasteiger partial charge in [-0.25, -0.2) is 4.98 Å². The van der Waals surface area contributed by atoms with Crippen LogP contribution in [0.5, 0.6) is 0 Å². The molecule has 2 aromatic rings. The van der Waals surface area contributed by atoms with Crippen molar-refractivity contribution in [1.82, 2.24) is 9.97 Å². The number of nitro groups is 1. The molecule has 1 aromatic heterocycles. The van der Waals surface area contributed by atoms with Crippen LogP contribution in [-0.4, -0.2) is 14.9 Å². The maximum atomic E-state index is 10.6. The number of hydrogen-bond acceptors (Lipinski definition) is 3. The zero-order valence-electron chi connectivity index (χ0n) is 6.32. The van der Waals surface area contributed by atoms with E-state index in [4.69, 9.17) is 0 Å². The molecular weight excluding hydrogens is 285 g/mol. The van der Waals surface area contributed by atoms with E-state index < -0.39 is 4.92 Å². The molecule has 0 amide bonds. The predicted octanol–water partition coefficient (Wildman–Crippen LogP) is 2.08. The molecule has 6 heteroatoms. The van der Waals surface area contributed by atoms with Gasteiger partial charge in [0.25, 0.3) is 5.69 Å². The lowest BCUT2D eigenvalue weighted by atomic mass is 10.3. The molecular formula is C7H4IN3O2. The van der Waals surface area contributed by atoms with Crippen LogP contribution in [0.3, 0.4) is 0 Å². The van der Waals surface area contributed by atoms with Crippen molar-refractivity contribution in [3.8, 4) is 0 Å². The Labute approximate surface area is 86.5 Å². The SMILES string of the molecule is O=[N+]([O-])c1cc2[nH]cnc2cc1I. The Kier molecular flexibility index (Phi) is 1.91. The van der Waals surface area contributed by atoms with Crippen molar-refractivity contribution >= 4 is 39.3 Å². The van der Waals surface area contributed by atoms with Gasteiger partial charge < -0.3 is 4.98 Å². The number of aromatic amines is 1. The molecule has 0 saturated heterocycles. The molecule has 13 heavy (non-hydrogen) atoms. The van der Waals surface area contributed by atoms with E-state index in [0.29, 0.717) is 9.09 Å². The van der Waals surface area contributed by atoms with Crippen molar-refractivity contribution in [2.75, 3.05) is 0 Å². The van der Waals surface area contributed by atoms with Gasteiger partial charge in [-0.15, -0.1) is 0 Å². The van der Waals surface area contributed by atoms with Gasteiger partial charge in [0.05, 0.1) is 25.9 Å².